The van der Waals surface area contributed by atoms with Crippen molar-refractivity contribution < 1.29 is 9.53 Å². The van der Waals surface area contributed by atoms with Crippen LogP contribution in [0.1, 0.15) is 21.5 Å². The van der Waals surface area contributed by atoms with Crippen LogP contribution in [-0.4, -0.2) is 17.4 Å². The van der Waals surface area contributed by atoms with E-state index in [1.54, 1.807) is 36.5 Å². The summed E-state index contributed by atoms with van der Waals surface area (Å²) in [6, 6.07) is 20.7. The van der Waals surface area contributed by atoms with Gasteiger partial charge in [-0.05, 0) is 41.8 Å². The van der Waals surface area contributed by atoms with E-state index in [1.165, 1.54) is 5.56 Å². The Labute approximate surface area is 165 Å². The fourth-order valence-electron chi connectivity index (χ4n) is 2.52. The third-order valence-electron chi connectivity index (χ3n) is 3.90. The van der Waals surface area contributed by atoms with E-state index < -0.39 is 0 Å². The Morgan fingerprint density at radius 3 is 2.59 bits per heavy atom. The first kappa shape index (κ1) is 20.4. The van der Waals surface area contributed by atoms with Crippen LogP contribution in [0.2, 0.25) is 0 Å². The Morgan fingerprint density at radius 1 is 1.00 bits per heavy atom. The van der Waals surface area contributed by atoms with Gasteiger partial charge in [0.25, 0.3) is 5.91 Å². The van der Waals surface area contributed by atoms with Crippen LogP contribution < -0.4 is 15.8 Å². The zero-order valence-corrected chi connectivity index (χ0v) is 15.6. The number of pyridine rings is 1. The van der Waals surface area contributed by atoms with Gasteiger partial charge in [0.15, 0.2) is 0 Å². The van der Waals surface area contributed by atoms with Gasteiger partial charge in [0, 0.05) is 30.9 Å². The lowest BCUT2D eigenvalue weighted by Crippen LogP contribution is -2.25. The minimum absolute atomic E-state index is 0. The standard InChI is InChI=1S/C21H21N3O2.ClH/c22-15-17-10-11-23-20(13-17)26-19-8-4-7-18(14-19)21(25)24-12-9-16-5-2-1-3-6-16;/h1-8,10-11,13-14H,9,12,15,22H2,(H,24,25);1H. The molecule has 0 aliphatic rings. The maximum atomic E-state index is 12.3. The number of hydrogen-bond acceptors (Lipinski definition) is 4. The van der Waals surface area contributed by atoms with Gasteiger partial charge in [-0.2, -0.15) is 0 Å². The van der Waals surface area contributed by atoms with Crippen molar-refractivity contribution in [2.45, 2.75) is 13.0 Å². The summed E-state index contributed by atoms with van der Waals surface area (Å²) in [5.41, 5.74) is 8.30. The van der Waals surface area contributed by atoms with Crippen molar-refractivity contribution in [1.29, 1.82) is 0 Å². The van der Waals surface area contributed by atoms with E-state index >= 15 is 0 Å². The molecule has 0 spiro atoms. The van der Waals surface area contributed by atoms with E-state index in [4.69, 9.17) is 10.5 Å². The first-order valence-corrected chi connectivity index (χ1v) is 8.49. The van der Waals surface area contributed by atoms with Crippen LogP contribution in [0.15, 0.2) is 72.9 Å². The second kappa shape index (κ2) is 10.3. The minimum Gasteiger partial charge on any atom is -0.439 e. The van der Waals surface area contributed by atoms with Crippen molar-refractivity contribution in [3.63, 3.8) is 0 Å². The fourth-order valence-corrected chi connectivity index (χ4v) is 2.52. The maximum Gasteiger partial charge on any atom is 0.251 e. The predicted molar refractivity (Wildman–Crippen MR) is 108 cm³/mol. The number of aromatic nitrogens is 1. The van der Waals surface area contributed by atoms with Crippen molar-refractivity contribution in [3.05, 3.63) is 89.6 Å². The number of amides is 1. The number of nitrogens with two attached hydrogens (primary N) is 1. The Balaban J connectivity index is 0.00000261. The van der Waals surface area contributed by atoms with Gasteiger partial charge in [-0.1, -0.05) is 36.4 Å². The van der Waals surface area contributed by atoms with Crippen molar-refractivity contribution in [2.24, 2.45) is 5.73 Å². The lowest BCUT2D eigenvalue weighted by Gasteiger charge is -2.09. The summed E-state index contributed by atoms with van der Waals surface area (Å²) in [6.07, 6.45) is 2.44. The SMILES string of the molecule is Cl.NCc1ccnc(Oc2cccc(C(=O)NCCc3ccccc3)c2)c1. The van der Waals surface area contributed by atoms with Gasteiger partial charge < -0.3 is 15.8 Å². The van der Waals surface area contributed by atoms with E-state index in [9.17, 15) is 4.79 Å². The molecule has 1 heterocycles. The molecule has 0 unspecified atom stereocenters. The smallest absolute Gasteiger partial charge is 0.251 e. The van der Waals surface area contributed by atoms with Gasteiger partial charge in [-0.25, -0.2) is 4.98 Å². The number of benzene rings is 2. The molecule has 5 nitrogen and oxygen atoms in total. The largest absolute Gasteiger partial charge is 0.439 e. The second-order valence-corrected chi connectivity index (χ2v) is 5.83. The number of nitrogens with zero attached hydrogens (tertiary/aromatic N) is 1. The second-order valence-electron chi connectivity index (χ2n) is 5.83. The molecule has 1 amide bonds. The van der Waals surface area contributed by atoms with E-state index in [2.05, 4.69) is 10.3 Å². The molecule has 140 valence electrons. The molecular weight excluding hydrogens is 362 g/mol. The maximum absolute atomic E-state index is 12.3. The Hall–Kier alpha value is -2.89. The van der Waals surface area contributed by atoms with Crippen molar-refractivity contribution in [2.75, 3.05) is 6.54 Å². The van der Waals surface area contributed by atoms with E-state index in [-0.39, 0.29) is 18.3 Å². The van der Waals surface area contributed by atoms with Gasteiger partial charge >= 0.3 is 0 Å². The summed E-state index contributed by atoms with van der Waals surface area (Å²) < 4.78 is 5.74. The Morgan fingerprint density at radius 2 is 1.81 bits per heavy atom. The zero-order valence-electron chi connectivity index (χ0n) is 14.8. The molecule has 0 atom stereocenters. The summed E-state index contributed by atoms with van der Waals surface area (Å²) in [5, 5.41) is 2.93. The highest BCUT2D eigenvalue weighted by molar-refractivity contribution is 5.94. The highest BCUT2D eigenvalue weighted by Crippen LogP contribution is 2.21. The predicted octanol–water partition coefficient (Wildman–Crippen LogP) is 3.73. The minimum atomic E-state index is -0.130. The van der Waals surface area contributed by atoms with Crippen LogP contribution in [0, 0.1) is 0 Å². The third-order valence-corrected chi connectivity index (χ3v) is 3.90. The van der Waals surface area contributed by atoms with Crippen LogP contribution in [0.4, 0.5) is 0 Å². The van der Waals surface area contributed by atoms with Gasteiger partial charge in [-0.15, -0.1) is 12.4 Å². The van der Waals surface area contributed by atoms with Gasteiger partial charge in [-0.3, -0.25) is 4.79 Å². The van der Waals surface area contributed by atoms with Crippen molar-refractivity contribution >= 4 is 18.3 Å². The van der Waals surface area contributed by atoms with Crippen LogP contribution in [0.5, 0.6) is 11.6 Å². The van der Waals surface area contributed by atoms with Crippen molar-refractivity contribution in [3.8, 4) is 11.6 Å². The van der Waals surface area contributed by atoms with Crippen LogP contribution in [0.25, 0.3) is 0 Å². The van der Waals surface area contributed by atoms with Gasteiger partial charge in [0.05, 0.1) is 0 Å². The van der Waals surface area contributed by atoms with Gasteiger partial charge in [0.2, 0.25) is 5.88 Å². The zero-order chi connectivity index (χ0) is 18.2. The number of rotatable bonds is 7. The summed E-state index contributed by atoms with van der Waals surface area (Å²) in [4.78, 5) is 16.5. The molecule has 3 rings (SSSR count). The molecule has 1 aromatic heterocycles. The number of ether oxygens (including phenoxy) is 1. The first-order chi connectivity index (χ1) is 12.7. The highest BCUT2D eigenvalue weighted by atomic mass is 35.5. The van der Waals surface area contributed by atoms with E-state index in [0.717, 1.165) is 12.0 Å². The summed E-state index contributed by atoms with van der Waals surface area (Å²) in [7, 11) is 0. The number of carbonyl (C=O) groups excluding carboxylic acids is 1. The molecule has 0 radical (unpaired) electrons. The highest BCUT2D eigenvalue weighted by Gasteiger charge is 2.07. The lowest BCUT2D eigenvalue weighted by atomic mass is 10.1. The summed E-state index contributed by atoms with van der Waals surface area (Å²) in [6.45, 7) is 0.997. The normalized spacial score (nSPS) is 9.96. The Kier molecular flexibility index (Phi) is 7.79. The molecule has 0 fully saturated rings. The average molecular weight is 384 g/mol. The van der Waals surface area contributed by atoms with Crippen LogP contribution in [-0.2, 0) is 13.0 Å². The number of halogens is 1. The van der Waals surface area contributed by atoms with E-state index in [1.807, 2.05) is 36.4 Å². The molecule has 0 bridgehead atoms. The average Bonchev–Trinajstić information content (AvgIpc) is 2.69. The Bertz CT molecular complexity index is 872. The van der Waals surface area contributed by atoms with Crippen LogP contribution >= 0.6 is 12.4 Å². The lowest BCUT2D eigenvalue weighted by molar-refractivity contribution is 0.0954. The van der Waals surface area contributed by atoms with Crippen LogP contribution in [0.3, 0.4) is 0 Å². The molecule has 0 aliphatic heterocycles. The van der Waals surface area contributed by atoms with Gasteiger partial charge in [0.1, 0.15) is 5.75 Å². The molecule has 6 heteroatoms. The molecule has 0 saturated heterocycles. The summed E-state index contributed by atoms with van der Waals surface area (Å²) >= 11 is 0. The topological polar surface area (TPSA) is 77.2 Å². The van der Waals surface area contributed by atoms with Crippen molar-refractivity contribution in [1.82, 2.24) is 10.3 Å². The number of hydrogen-bond donors (Lipinski definition) is 2. The quantitative estimate of drug-likeness (QED) is 0.651. The molecule has 2 aromatic carbocycles. The molecule has 0 saturated carbocycles. The van der Waals surface area contributed by atoms with E-state index in [0.29, 0.717) is 30.3 Å². The third kappa shape index (κ3) is 6.09. The molecule has 3 N–H and O–H groups in total. The molecule has 3 aromatic rings. The molecular formula is C21H22ClN3O2. The summed E-state index contributed by atoms with van der Waals surface area (Å²) in [5.74, 6) is 0.881. The number of nitrogens with one attached hydrogen (secondary N) is 1. The molecule has 0 aliphatic carbocycles. The fraction of sp³-hybridized carbons (Fsp3) is 0.143. The first-order valence-electron chi connectivity index (χ1n) is 8.49. The monoisotopic (exact) mass is 383 g/mol. The molecule has 27 heavy (non-hydrogen) atoms. The number of carbonyl (C=O) groups is 1.